The van der Waals surface area contributed by atoms with Crippen LogP contribution in [0, 0.1) is 0 Å². The Labute approximate surface area is 147 Å². The average Bonchev–Trinajstić information content (AvgIpc) is 3.45. The molecule has 1 heterocycles. The van der Waals surface area contributed by atoms with Gasteiger partial charge in [0.15, 0.2) is 0 Å². The molecule has 2 amide bonds. The molecule has 0 aliphatic heterocycles. The van der Waals surface area contributed by atoms with Crippen LogP contribution in [0.5, 0.6) is 0 Å². The predicted octanol–water partition coefficient (Wildman–Crippen LogP) is 2.02. The number of aromatic nitrogens is 1. The summed E-state index contributed by atoms with van der Waals surface area (Å²) < 4.78 is 0. The molecule has 3 rings (SSSR count). The average molecular weight is 337 g/mol. The molecule has 130 valence electrons. The summed E-state index contributed by atoms with van der Waals surface area (Å²) in [7, 11) is 0. The molecule has 0 saturated heterocycles. The normalized spacial score (nSPS) is 14.6. The van der Waals surface area contributed by atoms with Crippen molar-refractivity contribution in [2.45, 2.75) is 44.2 Å². The minimum absolute atomic E-state index is 0.0939. The molecule has 1 atom stereocenters. The van der Waals surface area contributed by atoms with Crippen molar-refractivity contribution in [3.8, 4) is 0 Å². The summed E-state index contributed by atoms with van der Waals surface area (Å²) in [5, 5.41) is 5.89. The summed E-state index contributed by atoms with van der Waals surface area (Å²) in [6.07, 6.45) is 6.98. The quantitative estimate of drug-likeness (QED) is 0.774. The first-order valence-electron chi connectivity index (χ1n) is 8.73. The summed E-state index contributed by atoms with van der Waals surface area (Å²) in [6, 6.07) is 13.3. The molecule has 1 aliphatic carbocycles. The molecule has 2 aromatic rings. The molecule has 1 aliphatic rings. The van der Waals surface area contributed by atoms with Crippen molar-refractivity contribution >= 4 is 11.8 Å². The second-order valence-corrected chi connectivity index (χ2v) is 6.45. The van der Waals surface area contributed by atoms with Crippen LogP contribution in [0.2, 0.25) is 0 Å². The van der Waals surface area contributed by atoms with E-state index in [0.29, 0.717) is 19.3 Å². The van der Waals surface area contributed by atoms with Crippen LogP contribution in [-0.4, -0.2) is 28.9 Å². The molecule has 1 aromatic heterocycles. The van der Waals surface area contributed by atoms with Crippen LogP contribution in [0.15, 0.2) is 54.9 Å². The van der Waals surface area contributed by atoms with Crippen molar-refractivity contribution in [2.24, 2.45) is 0 Å². The summed E-state index contributed by atoms with van der Waals surface area (Å²) in [4.78, 5) is 28.8. The lowest BCUT2D eigenvalue weighted by molar-refractivity contribution is -0.129. The summed E-state index contributed by atoms with van der Waals surface area (Å²) in [5.74, 6) is -0.202. The number of nitrogens with zero attached hydrogens (tertiary/aromatic N) is 1. The summed E-state index contributed by atoms with van der Waals surface area (Å²) >= 11 is 0. The zero-order chi connectivity index (χ0) is 17.5. The van der Waals surface area contributed by atoms with Crippen LogP contribution in [0.4, 0.5) is 0 Å². The van der Waals surface area contributed by atoms with Crippen molar-refractivity contribution in [2.75, 3.05) is 0 Å². The van der Waals surface area contributed by atoms with Crippen LogP contribution < -0.4 is 10.6 Å². The predicted molar refractivity (Wildman–Crippen MR) is 95.8 cm³/mol. The third kappa shape index (κ3) is 5.71. The van der Waals surface area contributed by atoms with E-state index in [1.807, 2.05) is 42.5 Å². The summed E-state index contributed by atoms with van der Waals surface area (Å²) in [5.41, 5.74) is 2.10. The zero-order valence-electron chi connectivity index (χ0n) is 14.2. The van der Waals surface area contributed by atoms with Gasteiger partial charge in [0.1, 0.15) is 6.04 Å². The standard InChI is InChI=1S/C20H23N3O2/c24-19(9-6-15-10-12-21-13-11-15)23-18(20(25)22-17-7-8-17)14-16-4-2-1-3-5-16/h1-5,10-13,17-18H,6-9,14H2,(H,22,25)(H,23,24)/t18-/m0/s1. The molecule has 0 radical (unpaired) electrons. The van der Waals surface area contributed by atoms with Gasteiger partial charge in [-0.3, -0.25) is 14.6 Å². The second kappa shape index (κ2) is 8.42. The number of benzene rings is 1. The maximum Gasteiger partial charge on any atom is 0.243 e. The third-order valence-corrected chi connectivity index (χ3v) is 4.25. The maximum atomic E-state index is 12.5. The molecular weight excluding hydrogens is 314 g/mol. The number of nitrogens with one attached hydrogen (secondary N) is 2. The Hall–Kier alpha value is -2.69. The van der Waals surface area contributed by atoms with E-state index in [4.69, 9.17) is 0 Å². The molecule has 1 fully saturated rings. The van der Waals surface area contributed by atoms with Crippen molar-refractivity contribution in [1.82, 2.24) is 15.6 Å². The lowest BCUT2D eigenvalue weighted by Crippen LogP contribution is -2.48. The highest BCUT2D eigenvalue weighted by Crippen LogP contribution is 2.19. The van der Waals surface area contributed by atoms with Gasteiger partial charge in [0.05, 0.1) is 0 Å². The molecule has 0 spiro atoms. The van der Waals surface area contributed by atoms with E-state index < -0.39 is 6.04 Å². The van der Waals surface area contributed by atoms with Crippen LogP contribution >= 0.6 is 0 Å². The highest BCUT2D eigenvalue weighted by molar-refractivity contribution is 5.88. The minimum atomic E-state index is -0.534. The Kier molecular flexibility index (Phi) is 5.77. The summed E-state index contributed by atoms with van der Waals surface area (Å²) in [6.45, 7) is 0. The third-order valence-electron chi connectivity index (χ3n) is 4.25. The largest absolute Gasteiger partial charge is 0.352 e. The molecule has 2 N–H and O–H groups in total. The molecule has 1 saturated carbocycles. The van der Waals surface area contributed by atoms with E-state index in [1.54, 1.807) is 12.4 Å². The molecule has 5 nitrogen and oxygen atoms in total. The van der Waals surface area contributed by atoms with Gasteiger partial charge in [-0.05, 0) is 42.5 Å². The number of aryl methyl sites for hydroxylation is 1. The van der Waals surface area contributed by atoms with Crippen LogP contribution in [0.3, 0.4) is 0 Å². The van der Waals surface area contributed by atoms with Crippen LogP contribution in [-0.2, 0) is 22.4 Å². The maximum absolute atomic E-state index is 12.5. The minimum Gasteiger partial charge on any atom is -0.352 e. The smallest absolute Gasteiger partial charge is 0.243 e. The van der Waals surface area contributed by atoms with Crippen LogP contribution in [0.1, 0.15) is 30.4 Å². The van der Waals surface area contributed by atoms with Gasteiger partial charge >= 0.3 is 0 Å². The van der Waals surface area contributed by atoms with Crippen molar-refractivity contribution in [1.29, 1.82) is 0 Å². The first-order chi connectivity index (χ1) is 12.2. The molecule has 0 bridgehead atoms. The van der Waals surface area contributed by atoms with Gasteiger partial charge in [-0.25, -0.2) is 0 Å². The van der Waals surface area contributed by atoms with Crippen molar-refractivity contribution in [3.05, 3.63) is 66.0 Å². The van der Waals surface area contributed by atoms with E-state index in [-0.39, 0.29) is 17.9 Å². The van der Waals surface area contributed by atoms with E-state index in [0.717, 1.165) is 24.0 Å². The zero-order valence-corrected chi connectivity index (χ0v) is 14.2. The van der Waals surface area contributed by atoms with Gasteiger partial charge in [-0.15, -0.1) is 0 Å². The number of carbonyl (C=O) groups excluding carboxylic acids is 2. The van der Waals surface area contributed by atoms with E-state index in [9.17, 15) is 9.59 Å². The Morgan fingerprint density at radius 2 is 1.76 bits per heavy atom. The lowest BCUT2D eigenvalue weighted by Gasteiger charge is -2.18. The molecule has 5 heteroatoms. The topological polar surface area (TPSA) is 71.1 Å². The SMILES string of the molecule is O=C(CCc1ccncc1)N[C@@H](Cc1ccccc1)C(=O)NC1CC1. The molecule has 0 unspecified atom stereocenters. The number of hydrogen-bond donors (Lipinski definition) is 2. The van der Waals surface area contributed by atoms with Crippen molar-refractivity contribution in [3.63, 3.8) is 0 Å². The Morgan fingerprint density at radius 1 is 1.04 bits per heavy atom. The monoisotopic (exact) mass is 337 g/mol. The van der Waals surface area contributed by atoms with Crippen molar-refractivity contribution < 1.29 is 9.59 Å². The lowest BCUT2D eigenvalue weighted by atomic mass is 10.0. The molecule has 25 heavy (non-hydrogen) atoms. The van der Waals surface area contributed by atoms with Gasteiger partial charge in [0, 0.05) is 31.3 Å². The van der Waals surface area contributed by atoms with Gasteiger partial charge < -0.3 is 10.6 Å². The number of rotatable bonds is 8. The second-order valence-electron chi connectivity index (χ2n) is 6.45. The Balaban J connectivity index is 1.57. The molecular formula is C20H23N3O2. The first-order valence-corrected chi connectivity index (χ1v) is 8.73. The highest BCUT2D eigenvalue weighted by Gasteiger charge is 2.28. The fourth-order valence-electron chi connectivity index (χ4n) is 2.66. The van der Waals surface area contributed by atoms with Gasteiger partial charge in [0.2, 0.25) is 11.8 Å². The Bertz CT molecular complexity index is 699. The number of hydrogen-bond acceptors (Lipinski definition) is 3. The highest BCUT2D eigenvalue weighted by atomic mass is 16.2. The van der Waals surface area contributed by atoms with Gasteiger partial charge in [-0.2, -0.15) is 0 Å². The first kappa shape index (κ1) is 17.1. The Morgan fingerprint density at radius 3 is 2.44 bits per heavy atom. The number of amides is 2. The number of carbonyl (C=O) groups is 2. The van der Waals surface area contributed by atoms with E-state index in [1.165, 1.54) is 0 Å². The fourth-order valence-corrected chi connectivity index (χ4v) is 2.66. The molecule has 1 aromatic carbocycles. The van der Waals surface area contributed by atoms with E-state index in [2.05, 4.69) is 15.6 Å². The number of pyridine rings is 1. The van der Waals surface area contributed by atoms with E-state index >= 15 is 0 Å². The fraction of sp³-hybridized carbons (Fsp3) is 0.350. The van der Waals surface area contributed by atoms with Gasteiger partial charge in [0.25, 0.3) is 0 Å². The van der Waals surface area contributed by atoms with Crippen LogP contribution in [0.25, 0.3) is 0 Å². The van der Waals surface area contributed by atoms with Gasteiger partial charge in [-0.1, -0.05) is 30.3 Å².